The molecule has 1 fully saturated rings. The molecule has 1 aliphatic rings. The third-order valence-electron chi connectivity index (χ3n) is 7.59. The van der Waals surface area contributed by atoms with E-state index in [2.05, 4.69) is 5.32 Å². The maximum atomic E-state index is 14.1. The highest BCUT2D eigenvalue weighted by Crippen LogP contribution is 2.32. The van der Waals surface area contributed by atoms with E-state index in [1.54, 1.807) is 43.3 Å². The van der Waals surface area contributed by atoms with Gasteiger partial charge in [-0.25, -0.2) is 8.42 Å². The van der Waals surface area contributed by atoms with E-state index in [1.165, 1.54) is 24.1 Å². The van der Waals surface area contributed by atoms with Gasteiger partial charge in [0, 0.05) is 12.6 Å². The van der Waals surface area contributed by atoms with E-state index in [1.807, 2.05) is 37.3 Å². The molecule has 0 heterocycles. The second-order valence-corrected chi connectivity index (χ2v) is 12.3. The summed E-state index contributed by atoms with van der Waals surface area (Å²) < 4.78 is 34.6. The smallest absolute Gasteiger partial charge is 0.264 e. The summed E-state index contributed by atoms with van der Waals surface area (Å²) in [6, 6.07) is 22.2. The molecule has 1 aliphatic carbocycles. The molecule has 0 aromatic heterocycles. The zero-order valence-corrected chi connectivity index (χ0v) is 24.8. The molecule has 0 saturated heterocycles. The van der Waals surface area contributed by atoms with E-state index in [4.69, 9.17) is 4.74 Å². The largest absolute Gasteiger partial charge is 0.495 e. The van der Waals surface area contributed by atoms with Crippen molar-refractivity contribution in [2.75, 3.05) is 24.5 Å². The lowest BCUT2D eigenvalue weighted by Gasteiger charge is -2.32. The first kappa shape index (κ1) is 30.1. The van der Waals surface area contributed by atoms with Crippen LogP contribution in [0.25, 0.3) is 0 Å². The highest BCUT2D eigenvalue weighted by atomic mass is 32.2. The van der Waals surface area contributed by atoms with Crippen molar-refractivity contribution in [3.8, 4) is 5.75 Å². The monoisotopic (exact) mass is 577 g/mol. The highest BCUT2D eigenvalue weighted by molar-refractivity contribution is 7.92. The minimum atomic E-state index is -4.16. The Morgan fingerprint density at radius 1 is 0.951 bits per heavy atom. The molecule has 4 rings (SSSR count). The summed E-state index contributed by atoms with van der Waals surface area (Å²) in [5, 5.41) is 3.09. The number of benzene rings is 3. The van der Waals surface area contributed by atoms with Crippen molar-refractivity contribution >= 4 is 27.5 Å². The predicted octanol–water partition coefficient (Wildman–Crippen LogP) is 4.72. The summed E-state index contributed by atoms with van der Waals surface area (Å²) in [6.45, 7) is 3.34. The van der Waals surface area contributed by atoms with Gasteiger partial charge >= 0.3 is 0 Å². The van der Waals surface area contributed by atoms with Crippen LogP contribution in [0.1, 0.15) is 43.7 Å². The third-order valence-corrected chi connectivity index (χ3v) is 9.37. The fraction of sp³-hybridized carbons (Fsp3) is 0.375. The number of hydrogen-bond acceptors (Lipinski definition) is 5. The van der Waals surface area contributed by atoms with E-state index in [-0.39, 0.29) is 29.1 Å². The second-order valence-electron chi connectivity index (χ2n) is 10.5. The van der Waals surface area contributed by atoms with E-state index in [0.717, 1.165) is 41.1 Å². The van der Waals surface area contributed by atoms with E-state index >= 15 is 0 Å². The number of anilines is 1. The van der Waals surface area contributed by atoms with Crippen LogP contribution in [0.3, 0.4) is 0 Å². The van der Waals surface area contributed by atoms with Crippen molar-refractivity contribution in [2.24, 2.45) is 0 Å². The highest BCUT2D eigenvalue weighted by Gasteiger charge is 2.34. The lowest BCUT2D eigenvalue weighted by molar-refractivity contribution is -0.139. The Bertz CT molecular complexity index is 1420. The number of nitrogens with zero attached hydrogens (tertiary/aromatic N) is 2. The summed E-state index contributed by atoms with van der Waals surface area (Å²) in [4.78, 5) is 28.9. The fourth-order valence-corrected chi connectivity index (χ4v) is 6.57. The van der Waals surface area contributed by atoms with Gasteiger partial charge < -0.3 is 15.0 Å². The first-order valence-corrected chi connectivity index (χ1v) is 15.5. The molecular formula is C32H39N3O5S. The minimum absolute atomic E-state index is 0.0599. The first-order chi connectivity index (χ1) is 19.7. The molecule has 0 radical (unpaired) electrons. The minimum Gasteiger partial charge on any atom is -0.495 e. The molecule has 218 valence electrons. The number of amides is 2. The van der Waals surface area contributed by atoms with Crippen LogP contribution in [0.2, 0.25) is 0 Å². The van der Waals surface area contributed by atoms with Crippen molar-refractivity contribution in [3.63, 3.8) is 0 Å². The van der Waals surface area contributed by atoms with Crippen molar-refractivity contribution < 1.29 is 22.7 Å². The predicted molar refractivity (Wildman–Crippen MR) is 160 cm³/mol. The fourth-order valence-electron chi connectivity index (χ4n) is 5.15. The van der Waals surface area contributed by atoms with Crippen LogP contribution >= 0.6 is 0 Å². The number of hydrogen-bond donors (Lipinski definition) is 1. The Hall–Kier alpha value is -3.85. The van der Waals surface area contributed by atoms with Crippen molar-refractivity contribution in [2.45, 2.75) is 62.9 Å². The topological polar surface area (TPSA) is 96.0 Å². The summed E-state index contributed by atoms with van der Waals surface area (Å²) in [5.41, 5.74) is 2.18. The Morgan fingerprint density at radius 3 is 2.24 bits per heavy atom. The van der Waals surface area contributed by atoms with Gasteiger partial charge in [-0.05, 0) is 62.9 Å². The van der Waals surface area contributed by atoms with E-state index in [0.29, 0.717) is 12.2 Å². The first-order valence-electron chi connectivity index (χ1n) is 14.1. The average molecular weight is 578 g/mol. The van der Waals surface area contributed by atoms with Crippen LogP contribution < -0.4 is 14.4 Å². The van der Waals surface area contributed by atoms with Crippen LogP contribution in [0.15, 0.2) is 83.8 Å². The number of sulfonamides is 1. The van der Waals surface area contributed by atoms with Crippen LogP contribution in [0, 0.1) is 6.92 Å². The molecule has 2 amide bonds. The molecule has 0 unspecified atom stereocenters. The van der Waals surface area contributed by atoms with E-state index < -0.39 is 28.5 Å². The number of ether oxygens (including phenoxy) is 1. The van der Waals surface area contributed by atoms with Gasteiger partial charge in [-0.2, -0.15) is 0 Å². The Balaban J connectivity index is 1.67. The van der Waals surface area contributed by atoms with Gasteiger partial charge in [0.1, 0.15) is 18.3 Å². The molecule has 9 heteroatoms. The maximum absolute atomic E-state index is 14.1. The van der Waals surface area contributed by atoms with Gasteiger partial charge in [-0.3, -0.25) is 13.9 Å². The Kier molecular flexibility index (Phi) is 10.0. The Labute approximate surface area is 243 Å². The number of methoxy groups -OCH3 is 1. The van der Waals surface area contributed by atoms with Gasteiger partial charge in [0.05, 0.1) is 17.7 Å². The van der Waals surface area contributed by atoms with Crippen LogP contribution in [0.5, 0.6) is 5.75 Å². The molecular weight excluding hydrogens is 538 g/mol. The van der Waals surface area contributed by atoms with Crippen molar-refractivity contribution in [1.29, 1.82) is 0 Å². The lowest BCUT2D eigenvalue weighted by atomic mass is 10.1. The summed E-state index contributed by atoms with van der Waals surface area (Å²) in [6.07, 6.45) is 4.51. The summed E-state index contributed by atoms with van der Waals surface area (Å²) >= 11 is 0. The number of carbonyl (C=O) groups excluding carboxylic acids is 2. The van der Waals surface area contributed by atoms with Crippen LogP contribution in [-0.4, -0.2) is 57.4 Å². The van der Waals surface area contributed by atoms with Crippen molar-refractivity contribution in [1.82, 2.24) is 10.2 Å². The third kappa shape index (κ3) is 7.47. The van der Waals surface area contributed by atoms with Gasteiger partial charge in [-0.15, -0.1) is 0 Å². The van der Waals surface area contributed by atoms with Crippen LogP contribution in [-0.2, 0) is 26.0 Å². The van der Waals surface area contributed by atoms with Crippen LogP contribution in [0.4, 0.5) is 5.69 Å². The quantitative estimate of drug-likeness (QED) is 0.336. The molecule has 0 aliphatic heterocycles. The van der Waals surface area contributed by atoms with Gasteiger partial charge in [0.2, 0.25) is 11.8 Å². The molecule has 1 N–H and O–H groups in total. The van der Waals surface area contributed by atoms with Gasteiger partial charge in [0.25, 0.3) is 10.0 Å². The number of para-hydroxylation sites is 2. The number of aryl methyl sites for hydroxylation is 1. The van der Waals surface area contributed by atoms with Crippen molar-refractivity contribution in [3.05, 3.63) is 90.0 Å². The second kappa shape index (κ2) is 13.7. The molecule has 0 spiro atoms. The number of carbonyl (C=O) groups is 2. The molecule has 3 aromatic rings. The molecule has 3 aromatic carbocycles. The standard InChI is InChI=1S/C32H39N3O5S/c1-24-17-19-28(20-18-24)41(38,39)35(29-15-9-10-16-30(29)40-3)23-31(36)34(22-21-26-11-5-4-6-12-26)25(2)32(37)33-27-13-7-8-14-27/h4-6,9-12,15-20,25,27H,7-8,13-14,21-23H2,1-3H3,(H,33,37)/t25-/m1/s1. The zero-order valence-electron chi connectivity index (χ0n) is 24.0. The molecule has 41 heavy (non-hydrogen) atoms. The van der Waals surface area contributed by atoms with E-state index in [9.17, 15) is 18.0 Å². The number of rotatable bonds is 12. The normalized spacial score (nSPS) is 14.3. The molecule has 1 atom stereocenters. The van der Waals surface area contributed by atoms with Gasteiger partial charge in [-0.1, -0.05) is 73.0 Å². The lowest BCUT2D eigenvalue weighted by Crippen LogP contribution is -2.53. The van der Waals surface area contributed by atoms with Gasteiger partial charge in [0.15, 0.2) is 0 Å². The Morgan fingerprint density at radius 2 is 1.59 bits per heavy atom. The SMILES string of the molecule is COc1ccccc1N(CC(=O)N(CCc1ccccc1)[C@H](C)C(=O)NC1CCCC1)S(=O)(=O)c1ccc(C)cc1. The molecule has 8 nitrogen and oxygen atoms in total. The summed E-state index contributed by atoms with van der Waals surface area (Å²) in [5.74, 6) is -0.390. The maximum Gasteiger partial charge on any atom is 0.264 e. The number of nitrogens with one attached hydrogen (secondary N) is 1. The molecule has 0 bridgehead atoms. The summed E-state index contributed by atoms with van der Waals surface area (Å²) in [7, 11) is -2.70. The zero-order chi connectivity index (χ0) is 29.4. The average Bonchev–Trinajstić information content (AvgIpc) is 3.49. The molecule has 1 saturated carbocycles.